The van der Waals surface area contributed by atoms with Crippen LogP contribution in [-0.2, 0) is 16.7 Å². The van der Waals surface area contributed by atoms with E-state index < -0.39 is 5.97 Å². The predicted molar refractivity (Wildman–Crippen MR) is 137 cm³/mol. The number of rotatable bonds is 10. The Morgan fingerprint density at radius 3 is 2.38 bits per heavy atom. The van der Waals surface area contributed by atoms with Gasteiger partial charge in [-0.25, -0.2) is 9.78 Å². The first-order valence-corrected chi connectivity index (χ1v) is 11.9. The van der Waals surface area contributed by atoms with Crippen molar-refractivity contribution in [2.75, 3.05) is 25.6 Å². The van der Waals surface area contributed by atoms with Crippen LogP contribution in [0.2, 0.25) is 0 Å². The number of nitrogens with zero attached hydrogens (tertiary/aromatic N) is 1. The monoisotopic (exact) mass is 464 g/mol. The molecule has 0 saturated heterocycles. The van der Waals surface area contributed by atoms with Gasteiger partial charge in [0.15, 0.2) is 5.69 Å². The van der Waals surface area contributed by atoms with Crippen LogP contribution in [0.5, 0.6) is 11.5 Å². The molecule has 2 aromatic carbocycles. The maximum atomic E-state index is 12.6. The van der Waals surface area contributed by atoms with E-state index in [1.54, 1.807) is 20.1 Å². The number of benzene rings is 2. The molecular weight excluding hydrogens is 428 g/mol. The highest BCUT2D eigenvalue weighted by Crippen LogP contribution is 2.37. The molecule has 0 aliphatic carbocycles. The van der Waals surface area contributed by atoms with Crippen molar-refractivity contribution in [2.45, 2.75) is 59.4 Å². The Morgan fingerprint density at radius 1 is 1.03 bits per heavy atom. The number of unbranched alkanes of at least 4 members (excludes halogenated alkanes) is 1. The lowest BCUT2D eigenvalue weighted by Crippen LogP contribution is -2.15. The van der Waals surface area contributed by atoms with Crippen LogP contribution in [0.4, 0.5) is 5.69 Å². The molecule has 0 amide bonds. The number of ether oxygens (including phenoxy) is 3. The smallest absolute Gasteiger partial charge is 0.357 e. The third-order valence-corrected chi connectivity index (χ3v) is 5.59. The summed E-state index contributed by atoms with van der Waals surface area (Å²) in [6.07, 6.45) is 2.06. The Labute approximate surface area is 202 Å². The number of pyridine rings is 1. The number of carbonyl (C=O) groups is 1. The molecule has 1 N–H and O–H groups in total. The van der Waals surface area contributed by atoms with Crippen LogP contribution >= 0.6 is 0 Å². The van der Waals surface area contributed by atoms with E-state index in [1.165, 1.54) is 0 Å². The standard InChI is InChI=1S/C28H36N2O4/c1-7-9-14-34-21-15-22-24(29-18-19-10-12-20(32-6)13-11-19)17-25(27(31)33-8-2)30-26(22)23(16-21)28(3,4)5/h10-13,15-17H,7-9,14,18H2,1-6H3,(H,29,30). The summed E-state index contributed by atoms with van der Waals surface area (Å²) in [5.74, 6) is 1.19. The highest BCUT2D eigenvalue weighted by molar-refractivity contribution is 6.00. The number of fused-ring (bicyclic) bond motifs is 1. The van der Waals surface area contributed by atoms with Crippen molar-refractivity contribution >= 4 is 22.6 Å². The van der Waals surface area contributed by atoms with Crippen molar-refractivity contribution < 1.29 is 19.0 Å². The summed E-state index contributed by atoms with van der Waals surface area (Å²) in [6.45, 7) is 11.9. The van der Waals surface area contributed by atoms with Gasteiger partial charge >= 0.3 is 5.97 Å². The van der Waals surface area contributed by atoms with Crippen molar-refractivity contribution in [1.82, 2.24) is 4.98 Å². The van der Waals surface area contributed by atoms with Gasteiger partial charge in [0, 0.05) is 17.6 Å². The second-order valence-electron chi connectivity index (χ2n) is 9.30. The van der Waals surface area contributed by atoms with Gasteiger partial charge in [0.25, 0.3) is 0 Å². The Kier molecular flexibility index (Phi) is 8.37. The zero-order chi connectivity index (χ0) is 24.7. The van der Waals surface area contributed by atoms with Crippen molar-refractivity contribution in [1.29, 1.82) is 0 Å². The Bertz CT molecular complexity index is 1120. The highest BCUT2D eigenvalue weighted by Gasteiger charge is 2.23. The average molecular weight is 465 g/mol. The van der Waals surface area contributed by atoms with Gasteiger partial charge in [-0.3, -0.25) is 0 Å². The van der Waals surface area contributed by atoms with E-state index in [9.17, 15) is 4.79 Å². The Balaban J connectivity index is 2.11. The summed E-state index contributed by atoms with van der Waals surface area (Å²) in [5, 5.41) is 4.42. The molecule has 182 valence electrons. The zero-order valence-corrected chi connectivity index (χ0v) is 21.2. The van der Waals surface area contributed by atoms with Crippen molar-refractivity contribution in [2.24, 2.45) is 0 Å². The minimum absolute atomic E-state index is 0.198. The Hall–Kier alpha value is -3.28. The van der Waals surface area contributed by atoms with Gasteiger partial charge < -0.3 is 19.5 Å². The first-order chi connectivity index (χ1) is 16.3. The van der Waals surface area contributed by atoms with E-state index in [0.29, 0.717) is 19.8 Å². The second-order valence-corrected chi connectivity index (χ2v) is 9.30. The van der Waals surface area contributed by atoms with Gasteiger partial charge in [0.05, 0.1) is 25.8 Å². The number of methoxy groups -OCH3 is 1. The van der Waals surface area contributed by atoms with Gasteiger partial charge in [0.2, 0.25) is 0 Å². The van der Waals surface area contributed by atoms with Crippen LogP contribution in [0, 0.1) is 0 Å². The molecule has 0 saturated carbocycles. The SMILES string of the molecule is CCCCOc1cc(C(C)(C)C)c2nc(C(=O)OCC)cc(NCc3ccc(OC)cc3)c2c1. The van der Waals surface area contributed by atoms with Crippen LogP contribution in [0.25, 0.3) is 10.9 Å². The van der Waals surface area contributed by atoms with Crippen LogP contribution in [0.3, 0.4) is 0 Å². The normalized spacial score (nSPS) is 11.4. The predicted octanol–water partition coefficient (Wildman–Crippen LogP) is 6.51. The molecule has 1 aromatic heterocycles. The molecule has 0 radical (unpaired) electrons. The molecule has 6 nitrogen and oxygen atoms in total. The maximum absolute atomic E-state index is 12.6. The molecule has 3 rings (SSSR count). The Morgan fingerprint density at radius 2 is 1.76 bits per heavy atom. The van der Waals surface area contributed by atoms with E-state index in [1.807, 2.05) is 36.4 Å². The van der Waals surface area contributed by atoms with E-state index in [2.05, 4.69) is 33.0 Å². The molecule has 0 unspecified atom stereocenters. The molecule has 0 spiro atoms. The van der Waals surface area contributed by atoms with Crippen molar-refractivity contribution in [3.63, 3.8) is 0 Å². The largest absolute Gasteiger partial charge is 0.497 e. The van der Waals surface area contributed by atoms with Gasteiger partial charge in [-0.05, 0) is 60.2 Å². The molecule has 0 aliphatic heterocycles. The fourth-order valence-electron chi connectivity index (χ4n) is 3.69. The third-order valence-electron chi connectivity index (χ3n) is 5.59. The fraction of sp³-hybridized carbons (Fsp3) is 0.429. The van der Waals surface area contributed by atoms with Crippen LogP contribution < -0.4 is 14.8 Å². The number of esters is 1. The summed E-state index contributed by atoms with van der Waals surface area (Å²) in [6, 6.07) is 13.7. The zero-order valence-electron chi connectivity index (χ0n) is 21.2. The van der Waals surface area contributed by atoms with E-state index in [-0.39, 0.29) is 11.1 Å². The van der Waals surface area contributed by atoms with Gasteiger partial charge in [-0.2, -0.15) is 0 Å². The molecular formula is C28H36N2O4. The summed E-state index contributed by atoms with van der Waals surface area (Å²) in [5.41, 5.74) is 3.80. The lowest BCUT2D eigenvalue weighted by atomic mass is 9.85. The summed E-state index contributed by atoms with van der Waals surface area (Å²) in [7, 11) is 1.65. The fourth-order valence-corrected chi connectivity index (χ4v) is 3.69. The molecule has 6 heteroatoms. The van der Waals surface area contributed by atoms with E-state index in [0.717, 1.165) is 52.1 Å². The van der Waals surface area contributed by atoms with Gasteiger partial charge in [0.1, 0.15) is 11.5 Å². The lowest BCUT2D eigenvalue weighted by molar-refractivity contribution is 0.0520. The van der Waals surface area contributed by atoms with E-state index in [4.69, 9.17) is 19.2 Å². The second kappa shape index (κ2) is 11.2. The molecule has 34 heavy (non-hydrogen) atoms. The number of hydrogen-bond acceptors (Lipinski definition) is 6. The minimum Gasteiger partial charge on any atom is -0.497 e. The average Bonchev–Trinajstić information content (AvgIpc) is 2.82. The van der Waals surface area contributed by atoms with Crippen LogP contribution in [-0.4, -0.2) is 31.3 Å². The van der Waals surface area contributed by atoms with Gasteiger partial charge in [-0.15, -0.1) is 0 Å². The van der Waals surface area contributed by atoms with Crippen molar-refractivity contribution in [3.05, 3.63) is 59.3 Å². The first-order valence-electron chi connectivity index (χ1n) is 11.9. The molecule has 0 bridgehead atoms. The van der Waals surface area contributed by atoms with Crippen LogP contribution in [0.1, 0.15) is 69.1 Å². The summed E-state index contributed by atoms with van der Waals surface area (Å²) >= 11 is 0. The number of aromatic nitrogens is 1. The molecule has 0 fully saturated rings. The first kappa shape index (κ1) is 25.3. The molecule has 3 aromatic rings. The molecule has 0 aliphatic rings. The number of hydrogen-bond donors (Lipinski definition) is 1. The number of nitrogens with one attached hydrogen (secondary N) is 1. The number of carbonyl (C=O) groups excluding carboxylic acids is 1. The minimum atomic E-state index is -0.431. The lowest BCUT2D eigenvalue weighted by Gasteiger charge is -2.23. The van der Waals surface area contributed by atoms with Crippen LogP contribution in [0.15, 0.2) is 42.5 Å². The molecule has 0 atom stereocenters. The topological polar surface area (TPSA) is 69.7 Å². The molecule has 1 heterocycles. The summed E-state index contributed by atoms with van der Waals surface area (Å²) < 4.78 is 16.6. The van der Waals surface area contributed by atoms with Crippen molar-refractivity contribution in [3.8, 4) is 11.5 Å². The van der Waals surface area contributed by atoms with E-state index >= 15 is 0 Å². The quantitative estimate of drug-likeness (QED) is 0.272. The highest BCUT2D eigenvalue weighted by atomic mass is 16.5. The maximum Gasteiger partial charge on any atom is 0.357 e. The van der Waals surface area contributed by atoms with Gasteiger partial charge in [-0.1, -0.05) is 46.2 Å². The third kappa shape index (κ3) is 6.19. The summed E-state index contributed by atoms with van der Waals surface area (Å²) in [4.78, 5) is 17.4. The number of anilines is 1.